The largest absolute Gasteiger partial charge is 0.395 e. The van der Waals surface area contributed by atoms with Crippen molar-refractivity contribution in [3.8, 4) is 0 Å². The zero-order valence-electron chi connectivity index (χ0n) is 12.0. The molecule has 0 aliphatic carbocycles. The van der Waals surface area contributed by atoms with E-state index in [-0.39, 0.29) is 12.4 Å². The molecule has 1 heterocycles. The number of aliphatic hydroxyl groups is 1. The molecule has 0 amide bonds. The van der Waals surface area contributed by atoms with Crippen molar-refractivity contribution in [1.82, 2.24) is 4.98 Å². The summed E-state index contributed by atoms with van der Waals surface area (Å²) in [6.45, 7) is 7.40. The summed E-state index contributed by atoms with van der Waals surface area (Å²) in [5.41, 5.74) is 8.93. The van der Waals surface area contributed by atoms with E-state index in [1.54, 1.807) is 0 Å². The van der Waals surface area contributed by atoms with Crippen LogP contribution in [-0.2, 0) is 0 Å². The van der Waals surface area contributed by atoms with Crippen molar-refractivity contribution in [3.05, 3.63) is 23.0 Å². The van der Waals surface area contributed by atoms with Gasteiger partial charge in [-0.05, 0) is 26.3 Å². The van der Waals surface area contributed by atoms with Crippen LogP contribution in [0, 0.1) is 19.3 Å². The van der Waals surface area contributed by atoms with Crippen molar-refractivity contribution in [2.45, 2.75) is 33.6 Å². The Morgan fingerprint density at radius 3 is 2.63 bits per heavy atom. The molecular weight excluding hydrogens is 240 g/mol. The number of nitrogens with two attached hydrogens (primary N) is 1. The standard InChI is InChI=1S/C14H24N4O/c1-4-5-6-18(7-8-19)12-9-10(2)17-11(3)13(12)14(15)16/h9,19H,4-8H2,1-3H3,(H3,15,16). The van der Waals surface area contributed by atoms with Crippen LogP contribution in [0.15, 0.2) is 6.07 Å². The highest BCUT2D eigenvalue weighted by molar-refractivity contribution is 6.01. The fourth-order valence-corrected chi connectivity index (χ4v) is 2.21. The average Bonchev–Trinajstić information content (AvgIpc) is 2.32. The van der Waals surface area contributed by atoms with Gasteiger partial charge in [0.1, 0.15) is 5.84 Å². The number of nitrogen functional groups attached to an aromatic ring is 1. The van der Waals surface area contributed by atoms with Crippen LogP contribution in [0.1, 0.15) is 36.7 Å². The summed E-state index contributed by atoms with van der Waals surface area (Å²) in [6, 6.07) is 1.94. The lowest BCUT2D eigenvalue weighted by molar-refractivity contribution is 0.301. The number of nitrogens with zero attached hydrogens (tertiary/aromatic N) is 2. The van der Waals surface area contributed by atoms with Gasteiger partial charge in [-0.25, -0.2) is 0 Å². The van der Waals surface area contributed by atoms with Crippen LogP contribution in [0.25, 0.3) is 0 Å². The van der Waals surface area contributed by atoms with Crippen molar-refractivity contribution in [3.63, 3.8) is 0 Å². The maximum atomic E-state index is 9.22. The molecule has 0 fully saturated rings. The fraction of sp³-hybridized carbons (Fsp3) is 0.571. The van der Waals surface area contributed by atoms with Gasteiger partial charge in [0, 0.05) is 18.8 Å². The molecule has 0 saturated carbocycles. The molecule has 0 saturated heterocycles. The zero-order chi connectivity index (χ0) is 14.4. The van der Waals surface area contributed by atoms with Gasteiger partial charge in [-0.15, -0.1) is 0 Å². The first-order valence-corrected chi connectivity index (χ1v) is 6.69. The van der Waals surface area contributed by atoms with Crippen molar-refractivity contribution < 1.29 is 5.11 Å². The van der Waals surface area contributed by atoms with Gasteiger partial charge in [-0.3, -0.25) is 10.4 Å². The molecule has 0 aromatic carbocycles. The predicted molar refractivity (Wildman–Crippen MR) is 78.9 cm³/mol. The molecule has 1 aromatic heterocycles. The number of pyridine rings is 1. The molecule has 1 aromatic rings. The minimum Gasteiger partial charge on any atom is -0.395 e. The number of aliphatic hydroxyl groups excluding tert-OH is 1. The van der Waals surface area contributed by atoms with Crippen LogP contribution in [0.5, 0.6) is 0 Å². The van der Waals surface area contributed by atoms with Crippen LogP contribution in [0.2, 0.25) is 0 Å². The number of aryl methyl sites for hydroxylation is 2. The van der Waals surface area contributed by atoms with Crippen LogP contribution >= 0.6 is 0 Å². The Labute approximate surface area is 115 Å². The number of nitrogens with one attached hydrogen (secondary N) is 1. The molecular formula is C14H24N4O. The van der Waals surface area contributed by atoms with E-state index in [1.807, 2.05) is 19.9 Å². The quantitative estimate of drug-likeness (QED) is 0.515. The Balaban J connectivity index is 3.22. The van der Waals surface area contributed by atoms with Crippen molar-refractivity contribution in [1.29, 1.82) is 5.41 Å². The second-order valence-electron chi connectivity index (χ2n) is 4.72. The number of unbranched alkanes of at least 4 members (excludes halogenated alkanes) is 1. The third kappa shape index (κ3) is 3.92. The highest BCUT2D eigenvalue weighted by Gasteiger charge is 2.16. The van der Waals surface area contributed by atoms with Gasteiger partial charge in [-0.1, -0.05) is 13.3 Å². The Morgan fingerprint density at radius 2 is 2.11 bits per heavy atom. The summed E-state index contributed by atoms with van der Waals surface area (Å²) in [7, 11) is 0. The number of hydrogen-bond acceptors (Lipinski definition) is 4. The number of rotatable bonds is 7. The lowest BCUT2D eigenvalue weighted by Gasteiger charge is -2.27. The molecule has 4 N–H and O–H groups in total. The first kappa shape index (κ1) is 15.4. The van der Waals surface area contributed by atoms with Crippen LogP contribution in [0.3, 0.4) is 0 Å². The maximum absolute atomic E-state index is 9.22. The lowest BCUT2D eigenvalue weighted by atomic mass is 10.1. The van der Waals surface area contributed by atoms with Crippen LogP contribution in [-0.4, -0.2) is 35.6 Å². The van der Waals surface area contributed by atoms with E-state index in [0.29, 0.717) is 12.1 Å². The van der Waals surface area contributed by atoms with E-state index in [0.717, 1.165) is 36.5 Å². The molecule has 5 nitrogen and oxygen atoms in total. The van der Waals surface area contributed by atoms with Crippen molar-refractivity contribution >= 4 is 11.5 Å². The van der Waals surface area contributed by atoms with Gasteiger partial charge in [0.15, 0.2) is 0 Å². The van der Waals surface area contributed by atoms with Gasteiger partial charge in [-0.2, -0.15) is 0 Å². The number of anilines is 1. The first-order valence-electron chi connectivity index (χ1n) is 6.69. The van der Waals surface area contributed by atoms with E-state index in [4.69, 9.17) is 11.1 Å². The summed E-state index contributed by atoms with van der Waals surface area (Å²) in [6.07, 6.45) is 2.12. The van der Waals surface area contributed by atoms with E-state index < -0.39 is 0 Å². The summed E-state index contributed by atoms with van der Waals surface area (Å²) in [5.74, 6) is 0.0273. The molecule has 106 valence electrons. The minimum absolute atomic E-state index is 0.0273. The van der Waals surface area contributed by atoms with E-state index >= 15 is 0 Å². The number of amidine groups is 1. The summed E-state index contributed by atoms with van der Waals surface area (Å²) >= 11 is 0. The summed E-state index contributed by atoms with van der Waals surface area (Å²) in [5, 5.41) is 17.0. The van der Waals surface area contributed by atoms with E-state index in [1.165, 1.54) is 0 Å². The zero-order valence-corrected chi connectivity index (χ0v) is 12.0. The smallest absolute Gasteiger partial charge is 0.126 e. The van der Waals surface area contributed by atoms with Crippen molar-refractivity contribution in [2.75, 3.05) is 24.6 Å². The summed E-state index contributed by atoms with van der Waals surface area (Å²) in [4.78, 5) is 6.45. The molecule has 0 spiro atoms. The molecule has 0 radical (unpaired) electrons. The number of hydrogen-bond donors (Lipinski definition) is 3. The predicted octanol–water partition coefficient (Wildman–Crippen LogP) is 1.58. The minimum atomic E-state index is 0.0273. The van der Waals surface area contributed by atoms with Crippen LogP contribution in [0.4, 0.5) is 5.69 Å². The molecule has 0 unspecified atom stereocenters. The normalized spacial score (nSPS) is 10.5. The Bertz CT molecular complexity index is 445. The molecule has 0 aliphatic heterocycles. The molecule has 0 bridgehead atoms. The van der Waals surface area contributed by atoms with E-state index in [2.05, 4.69) is 16.8 Å². The number of aromatic nitrogens is 1. The van der Waals surface area contributed by atoms with Gasteiger partial charge < -0.3 is 15.7 Å². The van der Waals surface area contributed by atoms with Crippen molar-refractivity contribution in [2.24, 2.45) is 5.73 Å². The average molecular weight is 264 g/mol. The topological polar surface area (TPSA) is 86.2 Å². The van der Waals surface area contributed by atoms with Crippen LogP contribution < -0.4 is 10.6 Å². The SMILES string of the molecule is CCCCN(CCO)c1cc(C)nc(C)c1C(=N)N. The Kier molecular flexibility index (Phi) is 5.76. The Morgan fingerprint density at radius 1 is 1.42 bits per heavy atom. The molecule has 1 rings (SSSR count). The molecule has 0 atom stereocenters. The summed E-state index contributed by atoms with van der Waals surface area (Å²) < 4.78 is 0. The lowest BCUT2D eigenvalue weighted by Crippen LogP contribution is -2.31. The monoisotopic (exact) mass is 264 g/mol. The molecule has 0 aliphatic rings. The molecule has 5 heteroatoms. The van der Waals surface area contributed by atoms with Gasteiger partial charge in [0.25, 0.3) is 0 Å². The van der Waals surface area contributed by atoms with E-state index in [9.17, 15) is 5.11 Å². The second-order valence-corrected chi connectivity index (χ2v) is 4.72. The Hall–Kier alpha value is -1.62. The van der Waals surface area contributed by atoms with Gasteiger partial charge in [0.05, 0.1) is 23.6 Å². The third-order valence-corrected chi connectivity index (χ3v) is 3.07. The van der Waals surface area contributed by atoms with Gasteiger partial charge >= 0.3 is 0 Å². The maximum Gasteiger partial charge on any atom is 0.126 e. The molecule has 19 heavy (non-hydrogen) atoms. The highest BCUT2D eigenvalue weighted by Crippen LogP contribution is 2.24. The second kappa shape index (κ2) is 7.09. The first-order chi connectivity index (χ1) is 9.01. The fourth-order valence-electron chi connectivity index (χ4n) is 2.21. The highest BCUT2D eigenvalue weighted by atomic mass is 16.3. The third-order valence-electron chi connectivity index (χ3n) is 3.07. The van der Waals surface area contributed by atoms with Gasteiger partial charge in [0.2, 0.25) is 0 Å².